The Bertz CT molecular complexity index is 1840. The third-order valence-corrected chi connectivity index (χ3v) is 10.8. The van der Waals surface area contributed by atoms with Crippen molar-refractivity contribution in [3.63, 3.8) is 0 Å². The lowest BCUT2D eigenvalue weighted by atomic mass is 9.84. The molecule has 4 heterocycles. The average molecular weight is 749 g/mol. The normalized spacial score (nSPS) is 26.1. The third kappa shape index (κ3) is 9.02. The largest absolute Gasteiger partial charge is 0.489 e. The monoisotopic (exact) mass is 748 g/mol. The van der Waals surface area contributed by atoms with Gasteiger partial charge in [0.05, 0.1) is 25.8 Å². The molecule has 6 rings (SSSR count). The van der Waals surface area contributed by atoms with Crippen LogP contribution in [0.3, 0.4) is 0 Å². The van der Waals surface area contributed by atoms with Gasteiger partial charge in [-0.2, -0.15) is 0 Å². The van der Waals surface area contributed by atoms with Gasteiger partial charge in [0.25, 0.3) is 5.91 Å². The van der Waals surface area contributed by atoms with Gasteiger partial charge in [-0.1, -0.05) is 30.2 Å². The summed E-state index contributed by atoms with van der Waals surface area (Å²) >= 11 is 0. The van der Waals surface area contributed by atoms with Gasteiger partial charge in [0.2, 0.25) is 5.91 Å². The van der Waals surface area contributed by atoms with E-state index in [1.54, 1.807) is 17.0 Å². The quantitative estimate of drug-likeness (QED) is 0.0868. The number of hydrogen-bond donors (Lipinski definition) is 5. The molecule has 54 heavy (non-hydrogen) atoms. The van der Waals surface area contributed by atoms with E-state index in [1.165, 1.54) is 27.8 Å². The maximum Gasteiger partial charge on any atom is 0.254 e. The molecule has 2 fully saturated rings. The van der Waals surface area contributed by atoms with Crippen LogP contribution >= 0.6 is 0 Å². The van der Waals surface area contributed by atoms with Gasteiger partial charge in [0.15, 0.2) is 6.29 Å². The minimum Gasteiger partial charge on any atom is -0.489 e. The van der Waals surface area contributed by atoms with E-state index in [0.717, 1.165) is 56.3 Å². The van der Waals surface area contributed by atoms with Crippen LogP contribution in [0.15, 0.2) is 36.0 Å². The Labute approximate surface area is 315 Å². The van der Waals surface area contributed by atoms with Gasteiger partial charge in [-0.15, -0.1) is 5.10 Å². The number of unbranched alkanes of at least 4 members (excludes halogenated alkanes) is 3. The minimum absolute atomic E-state index is 0.0109. The van der Waals surface area contributed by atoms with E-state index in [1.807, 2.05) is 24.3 Å². The van der Waals surface area contributed by atoms with Crippen LogP contribution in [0.1, 0.15) is 84.5 Å². The molecule has 2 amide bonds. The fourth-order valence-corrected chi connectivity index (χ4v) is 7.39. The van der Waals surface area contributed by atoms with E-state index in [0.29, 0.717) is 30.2 Å². The van der Waals surface area contributed by atoms with Crippen molar-refractivity contribution in [1.82, 2.24) is 20.3 Å². The predicted octanol–water partition coefficient (Wildman–Crippen LogP) is 2.92. The molecule has 3 aromatic rings. The summed E-state index contributed by atoms with van der Waals surface area (Å²) in [5, 5.41) is 50.0. The first-order valence-corrected chi connectivity index (χ1v) is 18.7. The predicted molar refractivity (Wildman–Crippen MR) is 196 cm³/mol. The van der Waals surface area contributed by atoms with Crippen molar-refractivity contribution < 1.29 is 49.0 Å². The third-order valence-electron chi connectivity index (χ3n) is 10.8. The van der Waals surface area contributed by atoms with E-state index in [-0.39, 0.29) is 24.8 Å². The zero-order valence-electron chi connectivity index (χ0n) is 31.4. The molecular weight excluding hydrogens is 696 g/mol. The van der Waals surface area contributed by atoms with Crippen molar-refractivity contribution in [2.24, 2.45) is 0 Å². The molecule has 0 bridgehead atoms. The molecule has 292 valence electrons. The van der Waals surface area contributed by atoms with Gasteiger partial charge in [-0.3, -0.25) is 19.6 Å². The topological polar surface area (TPSA) is 195 Å². The number of aryl methyl sites for hydroxylation is 1. The Balaban J connectivity index is 0.939. The fraction of sp³-hybridized carbons (Fsp3) is 0.550. The van der Waals surface area contributed by atoms with Crippen molar-refractivity contribution in [3.8, 4) is 11.5 Å². The van der Waals surface area contributed by atoms with E-state index in [2.05, 4.69) is 43.3 Å². The van der Waals surface area contributed by atoms with Crippen LogP contribution < -0.4 is 14.8 Å². The molecule has 1 aromatic heterocycles. The molecule has 0 aliphatic carbocycles. The second-order valence-electron chi connectivity index (χ2n) is 14.9. The van der Waals surface area contributed by atoms with Gasteiger partial charge in [0, 0.05) is 12.1 Å². The highest BCUT2D eigenvalue weighted by molar-refractivity contribution is 6.15. The molecule has 0 spiro atoms. The van der Waals surface area contributed by atoms with Crippen LogP contribution in [0.4, 0.5) is 0 Å². The number of imide groups is 1. The number of carbonyl (C=O) groups is 2. The van der Waals surface area contributed by atoms with Crippen LogP contribution in [-0.4, -0.2) is 96.8 Å². The Hall–Kier alpha value is -4.18. The van der Waals surface area contributed by atoms with E-state index in [4.69, 9.17) is 18.9 Å². The molecule has 14 nitrogen and oxygen atoms in total. The summed E-state index contributed by atoms with van der Waals surface area (Å²) in [6.45, 7) is 9.23. The lowest BCUT2D eigenvalue weighted by Gasteiger charge is -2.39. The number of nitrogens with one attached hydrogen (secondary N) is 1. The molecule has 14 heteroatoms. The highest BCUT2D eigenvalue weighted by Gasteiger charge is 2.44. The summed E-state index contributed by atoms with van der Waals surface area (Å²) in [4.78, 5) is 23.4. The molecule has 2 aromatic carbocycles. The second kappa shape index (κ2) is 17.1. The Morgan fingerprint density at radius 3 is 2.48 bits per heavy atom. The highest BCUT2D eigenvalue weighted by Crippen LogP contribution is 2.41. The number of rotatable bonds is 15. The standard InChI is InChI=1S/C40H52N4O10/c1-23-24(2)37-31(14-15-40(4,54-37)22-52-29-12-10-26(11-13-29)17-27-18-33(46)41-38(27)50)25(3)30(23)9-7-5-6-8-16-44-19-28(42-43-44)21-51-39-36(49)35(48)34(47)32(20-45)53-39/h10-13,17,19,32,34-36,39,45,47-49H,5-9,14-16,18,20-22H2,1-4H3,(H,41,46,50)/b27-17+/t32-,34-,35+,36-,39-,40?/m1/s1. The summed E-state index contributed by atoms with van der Waals surface area (Å²) in [5.74, 6) is 1.07. The molecule has 1 unspecified atom stereocenters. The van der Waals surface area contributed by atoms with Gasteiger partial charge in [0.1, 0.15) is 53.8 Å². The molecular formula is C40H52N4O10. The number of aromatic nitrogens is 3. The lowest BCUT2D eigenvalue weighted by Crippen LogP contribution is -2.59. The van der Waals surface area contributed by atoms with E-state index in [9.17, 15) is 30.0 Å². The summed E-state index contributed by atoms with van der Waals surface area (Å²) in [6, 6.07) is 7.49. The van der Waals surface area contributed by atoms with Gasteiger partial charge in [-0.05, 0) is 111 Å². The number of carbonyl (C=O) groups excluding carboxylic acids is 2. The number of aliphatic hydroxyl groups excluding tert-OH is 4. The Morgan fingerprint density at radius 1 is 1.00 bits per heavy atom. The Morgan fingerprint density at radius 2 is 1.76 bits per heavy atom. The van der Waals surface area contributed by atoms with Crippen LogP contribution in [0, 0.1) is 20.8 Å². The van der Waals surface area contributed by atoms with Crippen LogP contribution in [0.5, 0.6) is 11.5 Å². The van der Waals surface area contributed by atoms with Gasteiger partial charge < -0.3 is 39.4 Å². The van der Waals surface area contributed by atoms with Gasteiger partial charge >= 0.3 is 0 Å². The van der Waals surface area contributed by atoms with Crippen molar-refractivity contribution in [2.45, 2.75) is 129 Å². The summed E-state index contributed by atoms with van der Waals surface area (Å²) in [6.07, 6.45) is 3.84. The molecule has 5 N–H and O–H groups in total. The second-order valence-corrected chi connectivity index (χ2v) is 14.9. The van der Waals surface area contributed by atoms with Crippen molar-refractivity contribution >= 4 is 17.9 Å². The van der Waals surface area contributed by atoms with E-state index < -0.39 is 42.9 Å². The Kier molecular flexibility index (Phi) is 12.5. The first-order valence-electron chi connectivity index (χ1n) is 18.7. The zero-order chi connectivity index (χ0) is 38.6. The number of benzene rings is 2. The lowest BCUT2D eigenvalue weighted by molar-refractivity contribution is -0.304. The molecule has 2 saturated heterocycles. The van der Waals surface area contributed by atoms with Crippen LogP contribution in [0.25, 0.3) is 6.08 Å². The highest BCUT2D eigenvalue weighted by atomic mass is 16.7. The summed E-state index contributed by atoms with van der Waals surface area (Å²) in [7, 11) is 0. The molecule has 3 aliphatic rings. The number of aliphatic hydroxyl groups is 4. The number of fused-ring (bicyclic) bond motifs is 1. The molecule has 3 aliphatic heterocycles. The average Bonchev–Trinajstić information content (AvgIpc) is 3.75. The first-order chi connectivity index (χ1) is 25.9. The minimum atomic E-state index is -1.49. The summed E-state index contributed by atoms with van der Waals surface area (Å²) in [5.41, 5.74) is 7.81. The fourth-order valence-electron chi connectivity index (χ4n) is 7.39. The number of nitrogens with zero attached hydrogens (tertiary/aromatic N) is 3. The van der Waals surface area contributed by atoms with Crippen molar-refractivity contribution in [1.29, 1.82) is 0 Å². The smallest absolute Gasteiger partial charge is 0.254 e. The van der Waals surface area contributed by atoms with Crippen LogP contribution in [-0.2, 0) is 45.1 Å². The van der Waals surface area contributed by atoms with E-state index >= 15 is 0 Å². The van der Waals surface area contributed by atoms with Gasteiger partial charge in [-0.25, -0.2) is 0 Å². The maximum atomic E-state index is 11.9. The van der Waals surface area contributed by atoms with Crippen molar-refractivity contribution in [3.05, 3.63) is 75.1 Å². The zero-order valence-corrected chi connectivity index (χ0v) is 31.4. The maximum absolute atomic E-state index is 11.9. The molecule has 0 saturated carbocycles. The van der Waals surface area contributed by atoms with Crippen LogP contribution in [0.2, 0.25) is 0 Å². The number of amides is 2. The van der Waals surface area contributed by atoms with Crippen molar-refractivity contribution in [2.75, 3.05) is 13.2 Å². The summed E-state index contributed by atoms with van der Waals surface area (Å²) < 4.78 is 25.6. The number of ether oxygens (including phenoxy) is 4. The SMILES string of the molecule is Cc1c(C)c2c(c(C)c1CCCCCCn1cc(CO[C@@H]3O[C@H](CO)[C@@H](O)[C@H](O)[C@H]3O)nn1)CCC(C)(COc1ccc(/C=C3\CC(=O)NC3=O)cc1)O2. The first kappa shape index (κ1) is 39.5. The molecule has 6 atom stereocenters. The number of hydrogen-bond acceptors (Lipinski definition) is 12. The molecule has 0 radical (unpaired) electrons.